The fraction of sp³-hybridized carbons (Fsp3) is 0.800. The van der Waals surface area contributed by atoms with Crippen LogP contribution >= 0.6 is 11.5 Å². The van der Waals surface area contributed by atoms with Gasteiger partial charge in [-0.2, -0.15) is 22.5 Å². The van der Waals surface area contributed by atoms with E-state index in [4.69, 9.17) is 9.84 Å². The first-order valence-corrected chi connectivity index (χ1v) is 6.66. The first-order chi connectivity index (χ1) is 9.00. The van der Waals surface area contributed by atoms with Gasteiger partial charge in [-0.25, -0.2) is 0 Å². The summed E-state index contributed by atoms with van der Waals surface area (Å²) < 4.78 is 45.9. The van der Waals surface area contributed by atoms with Crippen molar-refractivity contribution in [1.82, 2.24) is 9.36 Å². The highest BCUT2D eigenvalue weighted by molar-refractivity contribution is 7.09. The molecule has 5 nitrogen and oxygen atoms in total. The Morgan fingerprint density at radius 1 is 1.37 bits per heavy atom. The van der Waals surface area contributed by atoms with Gasteiger partial charge in [-0.05, 0) is 12.8 Å². The summed E-state index contributed by atoms with van der Waals surface area (Å²) in [7, 11) is 0. The van der Waals surface area contributed by atoms with E-state index in [1.165, 1.54) is 0 Å². The molecular weight excluding hydrogens is 283 g/mol. The highest BCUT2D eigenvalue weighted by atomic mass is 32.1. The number of aromatic nitrogens is 2. The van der Waals surface area contributed by atoms with Crippen LogP contribution in [0.4, 0.5) is 18.3 Å². The summed E-state index contributed by atoms with van der Waals surface area (Å²) in [5.41, 5.74) is 0. The second kappa shape index (κ2) is 6.02. The van der Waals surface area contributed by atoms with E-state index in [0.29, 0.717) is 37.7 Å². The van der Waals surface area contributed by atoms with Crippen molar-refractivity contribution in [3.8, 4) is 0 Å². The van der Waals surface area contributed by atoms with Gasteiger partial charge in [0, 0.05) is 24.6 Å². The summed E-state index contributed by atoms with van der Waals surface area (Å²) in [6, 6.07) is 0. The topological polar surface area (TPSA) is 58.5 Å². The zero-order chi connectivity index (χ0) is 13.9. The Kier molecular flexibility index (Phi) is 4.58. The van der Waals surface area contributed by atoms with Crippen LogP contribution in [0.2, 0.25) is 0 Å². The van der Waals surface area contributed by atoms with Crippen LogP contribution in [0, 0.1) is 0 Å². The molecule has 0 amide bonds. The Morgan fingerprint density at radius 3 is 2.58 bits per heavy atom. The second-order valence-electron chi connectivity index (χ2n) is 4.18. The third-order valence-electron chi connectivity index (χ3n) is 2.83. The summed E-state index contributed by atoms with van der Waals surface area (Å²) in [5.74, 6) is -1.08. The van der Waals surface area contributed by atoms with E-state index >= 15 is 0 Å². The fourth-order valence-electron chi connectivity index (χ4n) is 1.89. The lowest BCUT2D eigenvalue weighted by atomic mass is 10.1. The van der Waals surface area contributed by atoms with Crippen LogP contribution in [-0.2, 0) is 10.9 Å². The number of hydrogen-bond donors (Lipinski definition) is 1. The molecule has 1 aromatic heterocycles. The fourth-order valence-corrected chi connectivity index (χ4v) is 2.63. The van der Waals surface area contributed by atoms with Crippen LogP contribution in [0.1, 0.15) is 18.7 Å². The van der Waals surface area contributed by atoms with E-state index in [1.54, 1.807) is 4.90 Å². The van der Waals surface area contributed by atoms with E-state index in [2.05, 4.69) is 9.36 Å². The molecule has 1 saturated heterocycles. The molecule has 1 N–H and O–H groups in total. The maximum Gasteiger partial charge on any atom is 0.452 e. The van der Waals surface area contributed by atoms with Crippen LogP contribution in [0.5, 0.6) is 0 Å². The molecular formula is C10H14F3N3O2S. The number of nitrogens with zero attached hydrogens (tertiary/aromatic N) is 3. The van der Waals surface area contributed by atoms with Gasteiger partial charge >= 0.3 is 6.18 Å². The summed E-state index contributed by atoms with van der Waals surface area (Å²) in [6.45, 7) is 1.44. The number of halogens is 3. The Hall–Kier alpha value is -0.930. The van der Waals surface area contributed by atoms with Gasteiger partial charge in [0.2, 0.25) is 11.0 Å². The molecule has 1 aliphatic heterocycles. The van der Waals surface area contributed by atoms with Crippen molar-refractivity contribution in [3.63, 3.8) is 0 Å². The number of aliphatic hydroxyl groups excluding tert-OH is 1. The minimum atomic E-state index is -4.49. The molecule has 2 rings (SSSR count). The number of hydrogen-bond acceptors (Lipinski definition) is 6. The molecule has 108 valence electrons. The van der Waals surface area contributed by atoms with E-state index in [-0.39, 0.29) is 12.7 Å². The number of anilines is 1. The smallest absolute Gasteiger partial charge is 0.394 e. The summed E-state index contributed by atoms with van der Waals surface area (Å²) in [4.78, 5) is 5.30. The van der Waals surface area contributed by atoms with Crippen LogP contribution in [0.25, 0.3) is 0 Å². The Morgan fingerprint density at radius 2 is 2.05 bits per heavy atom. The minimum absolute atomic E-state index is 0.0223. The van der Waals surface area contributed by atoms with Gasteiger partial charge in [-0.1, -0.05) is 0 Å². The maximum absolute atomic E-state index is 12.4. The lowest BCUT2D eigenvalue weighted by Crippen LogP contribution is -2.37. The molecule has 0 saturated carbocycles. The zero-order valence-electron chi connectivity index (χ0n) is 10.1. The molecule has 2 heterocycles. The van der Waals surface area contributed by atoms with E-state index < -0.39 is 12.0 Å². The number of ether oxygens (including phenoxy) is 1. The van der Waals surface area contributed by atoms with Gasteiger partial charge in [0.05, 0.1) is 19.3 Å². The number of aliphatic hydroxyl groups is 1. The number of rotatable bonds is 4. The van der Waals surface area contributed by atoms with Gasteiger partial charge in [-0.3, -0.25) is 0 Å². The van der Waals surface area contributed by atoms with Crippen LogP contribution in [0.3, 0.4) is 0 Å². The van der Waals surface area contributed by atoms with E-state index in [9.17, 15) is 13.2 Å². The average Bonchev–Trinajstić information content (AvgIpc) is 2.86. The third-order valence-corrected chi connectivity index (χ3v) is 3.60. The normalized spacial score (nSPS) is 18.0. The third kappa shape index (κ3) is 3.77. The molecule has 0 atom stereocenters. The molecule has 1 aromatic rings. The van der Waals surface area contributed by atoms with Crippen LogP contribution in [0.15, 0.2) is 0 Å². The first kappa shape index (κ1) is 14.5. The van der Waals surface area contributed by atoms with Crippen molar-refractivity contribution >= 4 is 16.7 Å². The van der Waals surface area contributed by atoms with Crippen LogP contribution < -0.4 is 4.90 Å². The van der Waals surface area contributed by atoms with Crippen molar-refractivity contribution in [2.75, 3.05) is 31.2 Å². The van der Waals surface area contributed by atoms with Crippen molar-refractivity contribution in [2.24, 2.45) is 0 Å². The Labute approximate surface area is 112 Å². The predicted octanol–water partition coefficient (Wildman–Crippen LogP) is 1.53. The molecule has 0 aromatic carbocycles. The summed E-state index contributed by atoms with van der Waals surface area (Å²) in [6.07, 6.45) is -3.02. The SMILES string of the molecule is OCCOC1CCN(c2nc(C(F)(F)F)ns2)CC1. The minimum Gasteiger partial charge on any atom is -0.394 e. The van der Waals surface area contributed by atoms with Crippen molar-refractivity contribution < 1.29 is 23.0 Å². The van der Waals surface area contributed by atoms with Gasteiger partial charge in [-0.15, -0.1) is 0 Å². The molecule has 0 spiro atoms. The summed E-state index contributed by atoms with van der Waals surface area (Å²) in [5, 5.41) is 8.95. The zero-order valence-corrected chi connectivity index (χ0v) is 10.9. The molecule has 1 fully saturated rings. The van der Waals surface area contributed by atoms with Crippen molar-refractivity contribution in [1.29, 1.82) is 0 Å². The second-order valence-corrected chi connectivity index (χ2v) is 4.91. The molecule has 0 bridgehead atoms. The standard InChI is InChI=1S/C10H14F3N3O2S/c11-10(12,13)8-14-9(19-15-8)16-3-1-7(2-4-16)18-6-5-17/h7,17H,1-6H2. The molecule has 1 aliphatic rings. The largest absolute Gasteiger partial charge is 0.452 e. The molecule has 0 unspecified atom stereocenters. The number of piperidine rings is 1. The molecule has 0 aliphatic carbocycles. The lowest BCUT2D eigenvalue weighted by Gasteiger charge is -2.31. The van der Waals surface area contributed by atoms with E-state index in [1.807, 2.05) is 0 Å². The Bertz CT molecular complexity index is 405. The predicted molar refractivity (Wildman–Crippen MR) is 63.2 cm³/mol. The van der Waals surface area contributed by atoms with Gasteiger partial charge in [0.1, 0.15) is 0 Å². The molecule has 19 heavy (non-hydrogen) atoms. The van der Waals surface area contributed by atoms with Crippen molar-refractivity contribution in [2.45, 2.75) is 25.1 Å². The molecule has 9 heteroatoms. The van der Waals surface area contributed by atoms with Gasteiger partial charge < -0.3 is 14.7 Å². The van der Waals surface area contributed by atoms with Gasteiger partial charge in [0.25, 0.3) is 0 Å². The lowest BCUT2D eigenvalue weighted by molar-refractivity contribution is -0.144. The highest BCUT2D eigenvalue weighted by Crippen LogP contribution is 2.31. The van der Waals surface area contributed by atoms with Gasteiger partial charge in [0.15, 0.2) is 0 Å². The maximum atomic E-state index is 12.4. The Balaban J connectivity index is 1.89. The summed E-state index contributed by atoms with van der Waals surface area (Å²) >= 11 is 0.766. The van der Waals surface area contributed by atoms with E-state index in [0.717, 1.165) is 11.5 Å². The molecule has 0 radical (unpaired) electrons. The first-order valence-electron chi connectivity index (χ1n) is 5.89. The quantitative estimate of drug-likeness (QED) is 0.913. The average molecular weight is 297 g/mol. The highest BCUT2D eigenvalue weighted by Gasteiger charge is 2.37. The monoisotopic (exact) mass is 297 g/mol. The number of alkyl halides is 3. The van der Waals surface area contributed by atoms with Crippen LogP contribution in [-0.4, -0.2) is 46.9 Å². The van der Waals surface area contributed by atoms with Crippen molar-refractivity contribution in [3.05, 3.63) is 5.82 Å².